The maximum absolute atomic E-state index is 13.0. The van der Waals surface area contributed by atoms with Crippen molar-refractivity contribution in [3.05, 3.63) is 60.1 Å². The minimum atomic E-state index is -1.38. The van der Waals surface area contributed by atoms with Gasteiger partial charge in [-0.15, -0.1) is 11.8 Å². The molecule has 29 heavy (non-hydrogen) atoms. The van der Waals surface area contributed by atoms with Gasteiger partial charge in [0.25, 0.3) is 11.8 Å². The Hall–Kier alpha value is -2.29. The van der Waals surface area contributed by atoms with E-state index in [4.69, 9.17) is 10.2 Å². The maximum atomic E-state index is 13.0. The molecule has 2 aromatic rings. The quantitative estimate of drug-likeness (QED) is 0.630. The Bertz CT molecular complexity index is 826. The van der Waals surface area contributed by atoms with E-state index in [0.29, 0.717) is 18.7 Å². The first-order chi connectivity index (χ1) is 13.8. The molecular formula is C21H27N3O4S. The number of nitrogens with one attached hydrogen (secondary N) is 1. The van der Waals surface area contributed by atoms with E-state index in [1.165, 1.54) is 22.9 Å². The summed E-state index contributed by atoms with van der Waals surface area (Å²) in [6, 6.07) is 12.2. The summed E-state index contributed by atoms with van der Waals surface area (Å²) < 4.78 is 4.92. The molecular weight excluding hydrogens is 390 g/mol. The van der Waals surface area contributed by atoms with Crippen LogP contribution in [0.4, 0.5) is 0 Å². The third-order valence-corrected chi connectivity index (χ3v) is 6.22. The number of amides is 2. The molecule has 0 radical (unpaired) electrons. The van der Waals surface area contributed by atoms with Gasteiger partial charge in [-0.25, -0.2) is 0 Å². The van der Waals surface area contributed by atoms with Crippen LogP contribution in [0.2, 0.25) is 0 Å². The van der Waals surface area contributed by atoms with Crippen LogP contribution in [0, 0.1) is 0 Å². The van der Waals surface area contributed by atoms with E-state index in [2.05, 4.69) is 5.32 Å². The first-order valence-corrected chi connectivity index (χ1v) is 10.4. The number of aliphatic hydroxyl groups excluding tert-OH is 1. The standard InChI is InChI=1S/C21H27N3O4S/c1-21(2)13-24(20(29-21)18(26)23-12-15-9-6-10-28-15)19(27)17(25)16(22)11-14-7-4-3-5-8-14/h3-10,16-17,20,25H,11-13,22H2,1-2H3,(H,23,26). The second-order valence-electron chi connectivity index (χ2n) is 7.79. The molecule has 1 aliphatic heterocycles. The van der Waals surface area contributed by atoms with E-state index in [0.717, 1.165) is 5.56 Å². The van der Waals surface area contributed by atoms with Gasteiger partial charge in [-0.3, -0.25) is 9.59 Å². The molecule has 3 atom stereocenters. The van der Waals surface area contributed by atoms with Gasteiger partial charge in [0.2, 0.25) is 0 Å². The summed E-state index contributed by atoms with van der Waals surface area (Å²) >= 11 is 1.39. The maximum Gasteiger partial charge on any atom is 0.254 e. The molecule has 4 N–H and O–H groups in total. The molecule has 7 nitrogen and oxygen atoms in total. The van der Waals surface area contributed by atoms with Crippen molar-refractivity contribution >= 4 is 23.6 Å². The number of carbonyl (C=O) groups excluding carboxylic acids is 2. The summed E-state index contributed by atoms with van der Waals surface area (Å²) in [6.07, 6.45) is 0.521. The Labute approximate surface area is 174 Å². The summed E-state index contributed by atoms with van der Waals surface area (Å²) in [5.74, 6) is -0.192. The number of furan rings is 1. The van der Waals surface area contributed by atoms with Crippen molar-refractivity contribution in [3.8, 4) is 0 Å². The van der Waals surface area contributed by atoms with Gasteiger partial charge in [0.15, 0.2) is 5.37 Å². The lowest BCUT2D eigenvalue weighted by atomic mass is 10.0. The first-order valence-electron chi connectivity index (χ1n) is 9.53. The van der Waals surface area contributed by atoms with E-state index in [1.54, 1.807) is 12.1 Å². The Kier molecular flexibility index (Phi) is 6.66. The van der Waals surface area contributed by atoms with Gasteiger partial charge in [0.05, 0.1) is 12.8 Å². The van der Waals surface area contributed by atoms with Crippen LogP contribution in [0.25, 0.3) is 0 Å². The number of hydrogen-bond acceptors (Lipinski definition) is 6. The predicted octanol–water partition coefficient (Wildman–Crippen LogP) is 1.51. The lowest BCUT2D eigenvalue weighted by molar-refractivity contribution is -0.145. The number of benzene rings is 1. The molecule has 0 saturated carbocycles. The van der Waals surface area contributed by atoms with Crippen molar-refractivity contribution in [3.63, 3.8) is 0 Å². The van der Waals surface area contributed by atoms with Crippen LogP contribution >= 0.6 is 11.8 Å². The van der Waals surface area contributed by atoms with Crippen LogP contribution in [0.15, 0.2) is 53.1 Å². The van der Waals surface area contributed by atoms with Gasteiger partial charge in [-0.1, -0.05) is 30.3 Å². The monoisotopic (exact) mass is 417 g/mol. The summed E-state index contributed by atoms with van der Waals surface area (Å²) in [7, 11) is 0. The summed E-state index contributed by atoms with van der Waals surface area (Å²) in [5, 5.41) is 12.7. The molecule has 8 heteroatoms. The minimum Gasteiger partial charge on any atom is -0.467 e. The lowest BCUT2D eigenvalue weighted by Gasteiger charge is -2.28. The Morgan fingerprint density at radius 2 is 2.03 bits per heavy atom. The molecule has 0 aliphatic carbocycles. The summed E-state index contributed by atoms with van der Waals surface area (Å²) in [6.45, 7) is 4.52. The molecule has 2 amide bonds. The van der Waals surface area contributed by atoms with Crippen LogP contribution in [0.5, 0.6) is 0 Å². The third-order valence-electron chi connectivity index (χ3n) is 4.76. The Balaban J connectivity index is 1.66. The molecule has 1 aromatic carbocycles. The molecule has 1 fully saturated rings. The Morgan fingerprint density at radius 1 is 1.31 bits per heavy atom. The average molecular weight is 418 g/mol. The highest BCUT2D eigenvalue weighted by Gasteiger charge is 2.46. The second-order valence-corrected chi connectivity index (χ2v) is 9.58. The van der Waals surface area contributed by atoms with Crippen molar-refractivity contribution in [1.29, 1.82) is 0 Å². The summed E-state index contributed by atoms with van der Waals surface area (Å²) in [5.41, 5.74) is 7.05. The SMILES string of the molecule is CC1(C)CN(C(=O)C(O)C(N)Cc2ccccc2)C(C(=O)NCc2ccco2)S1. The van der Waals surface area contributed by atoms with Gasteiger partial charge in [-0.2, -0.15) is 0 Å². The molecule has 2 heterocycles. The largest absolute Gasteiger partial charge is 0.467 e. The van der Waals surface area contributed by atoms with Crippen molar-refractivity contribution in [1.82, 2.24) is 10.2 Å². The highest BCUT2D eigenvalue weighted by Crippen LogP contribution is 2.39. The van der Waals surface area contributed by atoms with Gasteiger partial charge < -0.3 is 25.5 Å². The topological polar surface area (TPSA) is 109 Å². The number of hydrogen-bond donors (Lipinski definition) is 3. The number of carbonyl (C=O) groups is 2. The second kappa shape index (κ2) is 9.02. The molecule has 156 valence electrons. The molecule has 0 spiro atoms. The fourth-order valence-electron chi connectivity index (χ4n) is 3.31. The van der Waals surface area contributed by atoms with Gasteiger partial charge in [0.1, 0.15) is 11.9 Å². The van der Waals surface area contributed by atoms with E-state index < -0.39 is 23.4 Å². The van der Waals surface area contributed by atoms with Crippen LogP contribution in [0.1, 0.15) is 25.2 Å². The van der Waals surface area contributed by atoms with Crippen LogP contribution in [-0.4, -0.2) is 50.6 Å². The van der Waals surface area contributed by atoms with Gasteiger partial charge in [0, 0.05) is 17.3 Å². The highest BCUT2D eigenvalue weighted by atomic mass is 32.2. The van der Waals surface area contributed by atoms with Gasteiger partial charge in [-0.05, 0) is 38.0 Å². The number of nitrogens with zero attached hydrogens (tertiary/aromatic N) is 1. The van der Waals surface area contributed by atoms with Crippen LogP contribution in [-0.2, 0) is 22.6 Å². The molecule has 0 bridgehead atoms. The van der Waals surface area contributed by atoms with E-state index in [9.17, 15) is 14.7 Å². The zero-order valence-electron chi connectivity index (χ0n) is 16.6. The lowest BCUT2D eigenvalue weighted by Crippen LogP contribution is -2.53. The van der Waals surface area contributed by atoms with Crippen molar-refractivity contribution in [2.75, 3.05) is 6.54 Å². The average Bonchev–Trinajstić information content (AvgIpc) is 3.33. The Morgan fingerprint density at radius 3 is 2.69 bits per heavy atom. The van der Waals surface area contributed by atoms with Crippen LogP contribution in [0.3, 0.4) is 0 Å². The normalized spacial score (nSPS) is 20.3. The number of aliphatic hydroxyl groups is 1. The molecule has 1 aliphatic rings. The zero-order valence-corrected chi connectivity index (χ0v) is 17.4. The fourth-order valence-corrected chi connectivity index (χ4v) is 4.62. The molecule has 1 saturated heterocycles. The zero-order chi connectivity index (χ0) is 21.0. The van der Waals surface area contributed by atoms with E-state index in [-0.39, 0.29) is 17.2 Å². The van der Waals surface area contributed by atoms with Crippen molar-refractivity contribution in [2.45, 2.75) is 49.1 Å². The molecule has 3 rings (SSSR count). The van der Waals surface area contributed by atoms with Gasteiger partial charge >= 0.3 is 0 Å². The highest BCUT2D eigenvalue weighted by molar-refractivity contribution is 8.02. The minimum absolute atomic E-state index is 0.238. The van der Waals surface area contributed by atoms with E-state index >= 15 is 0 Å². The number of thioether (sulfide) groups is 1. The summed E-state index contributed by atoms with van der Waals surface area (Å²) in [4.78, 5) is 27.2. The van der Waals surface area contributed by atoms with Crippen molar-refractivity contribution in [2.24, 2.45) is 5.73 Å². The van der Waals surface area contributed by atoms with E-state index in [1.807, 2.05) is 44.2 Å². The predicted molar refractivity (Wildman–Crippen MR) is 112 cm³/mol. The molecule has 1 aromatic heterocycles. The number of rotatable bonds is 7. The smallest absolute Gasteiger partial charge is 0.254 e. The molecule has 3 unspecified atom stereocenters. The fraction of sp³-hybridized carbons (Fsp3) is 0.429. The number of nitrogens with two attached hydrogens (primary N) is 1. The van der Waals surface area contributed by atoms with Crippen molar-refractivity contribution < 1.29 is 19.1 Å². The first kappa shape index (κ1) is 21.4. The third kappa shape index (κ3) is 5.41. The van der Waals surface area contributed by atoms with Crippen LogP contribution < -0.4 is 11.1 Å².